The second kappa shape index (κ2) is 8.60. The first-order chi connectivity index (χ1) is 19.2. The highest BCUT2D eigenvalue weighted by molar-refractivity contribution is 6.24. The van der Waals surface area contributed by atoms with E-state index in [9.17, 15) is 27.6 Å². The van der Waals surface area contributed by atoms with Crippen LogP contribution in [0.1, 0.15) is 22.7 Å². The average molecular weight is 547 g/mol. The number of imide groups is 1. The molecule has 8 nitrogen and oxygen atoms in total. The van der Waals surface area contributed by atoms with Gasteiger partial charge in [0.25, 0.3) is 0 Å². The Morgan fingerprint density at radius 3 is 2.50 bits per heavy atom. The maximum Gasteiger partial charge on any atom is 0.416 e. The summed E-state index contributed by atoms with van der Waals surface area (Å²) in [5.41, 5.74) is 0.939. The van der Waals surface area contributed by atoms with Crippen LogP contribution in [0.15, 0.2) is 72.9 Å². The van der Waals surface area contributed by atoms with Gasteiger partial charge in [-0.1, -0.05) is 30.3 Å². The quantitative estimate of drug-likeness (QED) is 0.483. The number of fused-ring (bicyclic) bond motifs is 6. The Balaban J connectivity index is 1.29. The van der Waals surface area contributed by atoms with E-state index in [2.05, 4.69) is 5.32 Å². The SMILES string of the molecule is O=C(Nc1cccc(C(F)(F)F)c1)[C@@H]1[C@@H]2C(=O)N(c3ccc4c(c3)OCO4)C(=O)[C@@H]2[C@H]2c3ccccc3C=CN12. The standard InChI is InChI=1S/C29H20F3N3O5/c30-29(31,32)16-5-3-6-17(12-16)33-26(36)25-23-22(24-19-7-2-1-4-15(19)10-11-34(24)25)27(37)35(28(23)38)18-8-9-20-21(13-18)40-14-39-20/h1-13,22-25H,14H2,(H,33,36)/t22-,23+,24+,25-/m0/s1. The van der Waals surface area contributed by atoms with Gasteiger partial charge in [-0.3, -0.25) is 14.4 Å². The summed E-state index contributed by atoms with van der Waals surface area (Å²) in [5.74, 6) is -2.83. The van der Waals surface area contributed by atoms with Crippen molar-refractivity contribution in [3.05, 3.63) is 89.6 Å². The number of hydrogen-bond donors (Lipinski definition) is 1. The van der Waals surface area contributed by atoms with E-state index in [4.69, 9.17) is 9.47 Å². The normalized spacial score (nSPS) is 24.2. The number of rotatable bonds is 3. The maximum absolute atomic E-state index is 14.0. The van der Waals surface area contributed by atoms with Crippen molar-refractivity contribution in [1.82, 2.24) is 4.90 Å². The second-order valence-corrected chi connectivity index (χ2v) is 9.95. The lowest BCUT2D eigenvalue weighted by atomic mass is 9.84. The Hall–Kier alpha value is -4.80. The molecule has 11 heteroatoms. The highest BCUT2D eigenvalue weighted by atomic mass is 19.4. The third-order valence-electron chi connectivity index (χ3n) is 7.80. The van der Waals surface area contributed by atoms with Gasteiger partial charge in [0.05, 0.1) is 29.1 Å². The van der Waals surface area contributed by atoms with Gasteiger partial charge in [-0.15, -0.1) is 0 Å². The van der Waals surface area contributed by atoms with E-state index in [1.807, 2.05) is 24.3 Å². The second-order valence-electron chi connectivity index (χ2n) is 9.95. The van der Waals surface area contributed by atoms with Crippen LogP contribution in [0.5, 0.6) is 11.5 Å². The molecule has 0 radical (unpaired) electrons. The van der Waals surface area contributed by atoms with Gasteiger partial charge >= 0.3 is 6.18 Å². The van der Waals surface area contributed by atoms with Crippen LogP contribution in [0.2, 0.25) is 0 Å². The van der Waals surface area contributed by atoms with Crippen molar-refractivity contribution in [3.8, 4) is 11.5 Å². The maximum atomic E-state index is 14.0. The molecular formula is C29H20F3N3O5. The van der Waals surface area contributed by atoms with Crippen molar-refractivity contribution in [1.29, 1.82) is 0 Å². The molecular weight excluding hydrogens is 527 g/mol. The van der Waals surface area contributed by atoms with Crippen molar-refractivity contribution < 1.29 is 37.0 Å². The summed E-state index contributed by atoms with van der Waals surface area (Å²) in [7, 11) is 0. The van der Waals surface area contributed by atoms with Crippen LogP contribution in [-0.4, -0.2) is 35.5 Å². The van der Waals surface area contributed by atoms with Gasteiger partial charge < -0.3 is 19.7 Å². The molecule has 0 saturated carbocycles. The minimum Gasteiger partial charge on any atom is -0.454 e. The number of carbonyl (C=O) groups excluding carboxylic acids is 3. The summed E-state index contributed by atoms with van der Waals surface area (Å²) in [6.45, 7) is 0.0177. The highest BCUT2D eigenvalue weighted by Gasteiger charge is 2.64. The van der Waals surface area contributed by atoms with E-state index in [1.165, 1.54) is 12.1 Å². The molecule has 2 saturated heterocycles. The van der Waals surface area contributed by atoms with E-state index in [0.29, 0.717) is 11.5 Å². The zero-order chi connectivity index (χ0) is 27.8. The molecule has 202 valence electrons. The molecule has 4 atom stereocenters. The number of benzene rings is 3. The van der Waals surface area contributed by atoms with Crippen LogP contribution in [0.4, 0.5) is 24.5 Å². The van der Waals surface area contributed by atoms with E-state index in [1.54, 1.807) is 35.4 Å². The first-order valence-electron chi connectivity index (χ1n) is 12.5. The first-order valence-corrected chi connectivity index (χ1v) is 12.5. The zero-order valence-electron chi connectivity index (χ0n) is 20.6. The molecule has 7 rings (SSSR count). The number of nitrogens with zero attached hydrogens (tertiary/aromatic N) is 2. The van der Waals surface area contributed by atoms with E-state index in [-0.39, 0.29) is 18.2 Å². The molecule has 40 heavy (non-hydrogen) atoms. The van der Waals surface area contributed by atoms with Gasteiger partial charge in [0, 0.05) is 18.0 Å². The van der Waals surface area contributed by atoms with Gasteiger partial charge in [-0.05, 0) is 47.5 Å². The van der Waals surface area contributed by atoms with Crippen LogP contribution in [-0.2, 0) is 20.6 Å². The molecule has 0 unspecified atom stereocenters. The Bertz CT molecular complexity index is 1620. The fourth-order valence-corrected chi connectivity index (χ4v) is 6.13. The van der Waals surface area contributed by atoms with Crippen LogP contribution >= 0.6 is 0 Å². The molecule has 3 aromatic rings. The average Bonchev–Trinajstić information content (AvgIpc) is 3.61. The molecule has 0 bridgehead atoms. The number of alkyl halides is 3. The van der Waals surface area contributed by atoms with Gasteiger partial charge in [-0.2, -0.15) is 13.2 Å². The molecule has 1 N–H and O–H groups in total. The molecule has 0 spiro atoms. The fraction of sp³-hybridized carbons (Fsp3) is 0.207. The largest absolute Gasteiger partial charge is 0.454 e. The monoisotopic (exact) mass is 547 g/mol. The molecule has 4 aliphatic rings. The lowest BCUT2D eigenvalue weighted by Crippen LogP contribution is -2.46. The zero-order valence-corrected chi connectivity index (χ0v) is 20.6. The number of halogens is 3. The molecule has 3 aromatic carbocycles. The summed E-state index contributed by atoms with van der Waals surface area (Å²) in [5, 5.41) is 2.56. The van der Waals surface area contributed by atoms with Gasteiger partial charge in [-0.25, -0.2) is 4.90 Å². The lowest BCUT2D eigenvalue weighted by molar-refractivity contribution is -0.137. The Morgan fingerprint density at radius 1 is 0.900 bits per heavy atom. The van der Waals surface area contributed by atoms with E-state index >= 15 is 0 Å². The van der Waals surface area contributed by atoms with E-state index in [0.717, 1.165) is 28.2 Å². The number of amides is 3. The molecule has 2 fully saturated rings. The van der Waals surface area contributed by atoms with Crippen molar-refractivity contribution in [2.45, 2.75) is 18.3 Å². The molecule has 0 aromatic heterocycles. The van der Waals surface area contributed by atoms with Crippen molar-refractivity contribution >= 4 is 35.2 Å². The molecule has 0 aliphatic carbocycles. The summed E-state index contributed by atoms with van der Waals surface area (Å²) < 4.78 is 50.6. The Morgan fingerprint density at radius 2 is 1.68 bits per heavy atom. The van der Waals surface area contributed by atoms with Crippen molar-refractivity contribution in [2.24, 2.45) is 11.8 Å². The molecule has 3 amide bonds. The van der Waals surface area contributed by atoms with Crippen LogP contribution in [0.3, 0.4) is 0 Å². The highest BCUT2D eigenvalue weighted by Crippen LogP contribution is 2.53. The summed E-state index contributed by atoms with van der Waals surface area (Å²) >= 11 is 0. The van der Waals surface area contributed by atoms with Gasteiger partial charge in [0.2, 0.25) is 24.5 Å². The summed E-state index contributed by atoms with van der Waals surface area (Å²) in [4.78, 5) is 44.4. The first kappa shape index (κ1) is 24.3. The van der Waals surface area contributed by atoms with Crippen LogP contribution in [0, 0.1) is 11.8 Å². The number of nitrogens with one attached hydrogen (secondary N) is 1. The summed E-state index contributed by atoms with van der Waals surface area (Å²) in [6.07, 6.45) is -1.13. The van der Waals surface area contributed by atoms with Crippen molar-refractivity contribution in [3.63, 3.8) is 0 Å². The minimum atomic E-state index is -4.59. The summed E-state index contributed by atoms with van der Waals surface area (Å²) in [6, 6.07) is 14.6. The van der Waals surface area contributed by atoms with Crippen LogP contribution in [0.25, 0.3) is 6.08 Å². The third kappa shape index (κ3) is 3.57. The van der Waals surface area contributed by atoms with E-state index < -0.39 is 53.4 Å². The van der Waals surface area contributed by atoms with Gasteiger partial charge in [0.15, 0.2) is 11.5 Å². The minimum absolute atomic E-state index is 0.0177. The number of hydrogen-bond acceptors (Lipinski definition) is 6. The molecule has 4 aliphatic heterocycles. The van der Waals surface area contributed by atoms with Crippen molar-refractivity contribution in [2.75, 3.05) is 17.0 Å². The smallest absolute Gasteiger partial charge is 0.416 e. The fourth-order valence-electron chi connectivity index (χ4n) is 6.13. The number of anilines is 2. The topological polar surface area (TPSA) is 88.2 Å². The predicted octanol–water partition coefficient (Wildman–Crippen LogP) is 4.59. The third-order valence-corrected chi connectivity index (χ3v) is 7.80. The number of carbonyl (C=O) groups is 3. The lowest BCUT2D eigenvalue weighted by Gasteiger charge is -2.35. The number of ether oxygens (including phenoxy) is 2. The van der Waals surface area contributed by atoms with Crippen LogP contribution < -0.4 is 19.7 Å². The predicted molar refractivity (Wildman–Crippen MR) is 136 cm³/mol. The Kier molecular flexibility index (Phi) is 5.22. The van der Waals surface area contributed by atoms with Gasteiger partial charge in [0.1, 0.15) is 6.04 Å². The Labute approximate surface area is 225 Å². The molecule has 4 heterocycles.